The molecular weight excluding hydrogens is 351 g/mol. The molecule has 27 heavy (non-hydrogen) atoms. The third kappa shape index (κ3) is 3.43. The molecule has 0 saturated carbocycles. The molecule has 8 nitrogen and oxygen atoms in total. The first-order valence-corrected chi connectivity index (χ1v) is 7.96. The summed E-state index contributed by atoms with van der Waals surface area (Å²) in [6, 6.07) is 7.88. The van der Waals surface area contributed by atoms with E-state index >= 15 is 0 Å². The van der Waals surface area contributed by atoms with Gasteiger partial charge in [0, 0.05) is 12.3 Å². The number of hydrogen-bond acceptors (Lipinski definition) is 6. The summed E-state index contributed by atoms with van der Waals surface area (Å²) in [7, 11) is 0. The third-order valence-corrected chi connectivity index (χ3v) is 3.72. The van der Waals surface area contributed by atoms with Crippen molar-refractivity contribution < 1.29 is 13.9 Å². The highest BCUT2D eigenvalue weighted by atomic mass is 19.1. The molecule has 0 bridgehead atoms. The Morgan fingerprint density at radius 2 is 2.07 bits per heavy atom. The topological polar surface area (TPSA) is 94.3 Å². The lowest BCUT2D eigenvalue weighted by Gasteiger charge is -2.10. The lowest BCUT2D eigenvalue weighted by molar-refractivity contribution is 0.102. The van der Waals surface area contributed by atoms with Crippen LogP contribution in [0.3, 0.4) is 0 Å². The van der Waals surface area contributed by atoms with Crippen LogP contribution in [0.2, 0.25) is 0 Å². The van der Waals surface area contributed by atoms with E-state index < -0.39 is 11.7 Å². The van der Waals surface area contributed by atoms with E-state index in [-0.39, 0.29) is 11.3 Å². The number of rotatable bonds is 4. The van der Waals surface area contributed by atoms with E-state index in [1.165, 1.54) is 18.3 Å². The summed E-state index contributed by atoms with van der Waals surface area (Å²) < 4.78 is 20.6. The second-order valence-electron chi connectivity index (χ2n) is 5.64. The number of nitrogens with one attached hydrogen (secondary N) is 1. The van der Waals surface area contributed by atoms with Crippen LogP contribution >= 0.6 is 0 Å². The normalized spacial score (nSPS) is 10.7. The second-order valence-corrected chi connectivity index (χ2v) is 5.64. The van der Waals surface area contributed by atoms with Crippen LogP contribution in [0.5, 0.6) is 11.5 Å². The van der Waals surface area contributed by atoms with Gasteiger partial charge in [-0.1, -0.05) is 6.07 Å². The minimum atomic E-state index is -0.526. The minimum absolute atomic E-state index is 0.205. The average Bonchev–Trinajstić information content (AvgIpc) is 3.03. The summed E-state index contributed by atoms with van der Waals surface area (Å²) in [6.07, 6.45) is 5.64. The Kier molecular flexibility index (Phi) is 4.17. The van der Waals surface area contributed by atoms with Crippen LogP contribution in [0.15, 0.2) is 55.1 Å². The van der Waals surface area contributed by atoms with Crippen LogP contribution in [-0.4, -0.2) is 30.5 Å². The molecule has 1 amide bonds. The molecule has 0 fully saturated rings. The molecule has 4 rings (SSSR count). The van der Waals surface area contributed by atoms with Gasteiger partial charge in [0.1, 0.15) is 29.0 Å². The number of carbonyl (C=O) groups is 1. The zero-order valence-electron chi connectivity index (χ0n) is 14.1. The number of carbonyl (C=O) groups excluding carboxylic acids is 1. The van der Waals surface area contributed by atoms with Crippen LogP contribution in [0.4, 0.5) is 10.2 Å². The lowest BCUT2D eigenvalue weighted by atomic mass is 10.2. The zero-order valence-corrected chi connectivity index (χ0v) is 14.1. The van der Waals surface area contributed by atoms with Crippen molar-refractivity contribution in [3.63, 3.8) is 0 Å². The van der Waals surface area contributed by atoms with Crippen LogP contribution in [-0.2, 0) is 0 Å². The Hall–Kier alpha value is -3.88. The Morgan fingerprint density at radius 1 is 1.19 bits per heavy atom. The molecular formula is C18H13FN6O2. The van der Waals surface area contributed by atoms with Crippen molar-refractivity contribution in [3.8, 4) is 11.5 Å². The molecule has 0 atom stereocenters. The van der Waals surface area contributed by atoms with E-state index in [1.54, 1.807) is 41.9 Å². The molecule has 0 aliphatic rings. The highest BCUT2D eigenvalue weighted by Gasteiger charge is 2.17. The molecule has 0 radical (unpaired) electrons. The standard InChI is InChI=1S/C18H13FN6O2/c1-11-23-24-17-15(18(26)22-16-4-2-3-5-21-16)7-14(10-25(11)17)27-13-6-12(19)8-20-9-13/h2-10H,1H3,(H,21,22,26). The summed E-state index contributed by atoms with van der Waals surface area (Å²) in [5.41, 5.74) is 0.605. The average molecular weight is 364 g/mol. The van der Waals surface area contributed by atoms with Gasteiger partial charge in [-0.25, -0.2) is 9.37 Å². The lowest BCUT2D eigenvalue weighted by Crippen LogP contribution is -2.14. The summed E-state index contributed by atoms with van der Waals surface area (Å²) in [4.78, 5) is 20.6. The van der Waals surface area contributed by atoms with E-state index in [2.05, 4.69) is 25.5 Å². The number of hydrogen-bond donors (Lipinski definition) is 1. The maximum Gasteiger partial charge on any atom is 0.260 e. The van der Waals surface area contributed by atoms with Crippen LogP contribution in [0.1, 0.15) is 16.2 Å². The predicted molar refractivity (Wildman–Crippen MR) is 94.2 cm³/mol. The van der Waals surface area contributed by atoms with E-state index in [9.17, 15) is 9.18 Å². The quantitative estimate of drug-likeness (QED) is 0.598. The van der Waals surface area contributed by atoms with Crippen molar-refractivity contribution in [1.29, 1.82) is 0 Å². The number of aryl methyl sites for hydroxylation is 1. The monoisotopic (exact) mass is 364 g/mol. The third-order valence-electron chi connectivity index (χ3n) is 3.72. The van der Waals surface area contributed by atoms with Crippen molar-refractivity contribution in [1.82, 2.24) is 24.6 Å². The first-order valence-electron chi connectivity index (χ1n) is 7.96. The molecule has 4 aromatic rings. The number of nitrogens with zero attached hydrogens (tertiary/aromatic N) is 5. The van der Waals surface area contributed by atoms with E-state index in [4.69, 9.17) is 4.74 Å². The highest BCUT2D eigenvalue weighted by Crippen LogP contribution is 2.25. The van der Waals surface area contributed by atoms with Crippen molar-refractivity contribution in [2.24, 2.45) is 0 Å². The fourth-order valence-electron chi connectivity index (χ4n) is 2.51. The van der Waals surface area contributed by atoms with Crippen molar-refractivity contribution in [3.05, 3.63) is 72.3 Å². The molecule has 0 unspecified atom stereocenters. The fourth-order valence-corrected chi connectivity index (χ4v) is 2.51. The Labute approximate surface area is 152 Å². The first-order chi connectivity index (χ1) is 13.1. The van der Waals surface area contributed by atoms with Crippen molar-refractivity contribution >= 4 is 17.4 Å². The Morgan fingerprint density at radius 3 is 2.85 bits per heavy atom. The van der Waals surface area contributed by atoms with Gasteiger partial charge in [-0.3, -0.25) is 14.2 Å². The molecule has 0 aliphatic carbocycles. The van der Waals surface area contributed by atoms with E-state index in [0.29, 0.717) is 23.0 Å². The molecule has 0 spiro atoms. The van der Waals surface area contributed by atoms with Crippen molar-refractivity contribution in [2.75, 3.05) is 5.32 Å². The first kappa shape index (κ1) is 16.6. The van der Waals surface area contributed by atoms with Gasteiger partial charge in [0.15, 0.2) is 5.65 Å². The number of fused-ring (bicyclic) bond motifs is 1. The van der Waals surface area contributed by atoms with E-state index in [0.717, 1.165) is 6.20 Å². The van der Waals surface area contributed by atoms with Crippen molar-refractivity contribution in [2.45, 2.75) is 6.92 Å². The van der Waals surface area contributed by atoms with Gasteiger partial charge in [0.05, 0.1) is 24.2 Å². The molecule has 9 heteroatoms. The van der Waals surface area contributed by atoms with Gasteiger partial charge in [-0.15, -0.1) is 10.2 Å². The molecule has 134 valence electrons. The molecule has 1 N–H and O–H groups in total. The summed E-state index contributed by atoms with van der Waals surface area (Å²) in [5.74, 6) is 0.536. The number of pyridine rings is 3. The van der Waals surface area contributed by atoms with Crippen LogP contribution < -0.4 is 10.1 Å². The van der Waals surface area contributed by atoms with Gasteiger partial charge in [0.2, 0.25) is 0 Å². The molecule has 4 heterocycles. The second kappa shape index (κ2) is 6.79. The maximum absolute atomic E-state index is 13.3. The van der Waals surface area contributed by atoms with Gasteiger partial charge in [0.25, 0.3) is 5.91 Å². The van der Waals surface area contributed by atoms with Gasteiger partial charge < -0.3 is 10.1 Å². The molecule has 4 aromatic heterocycles. The summed E-state index contributed by atoms with van der Waals surface area (Å²) in [6.45, 7) is 1.74. The largest absolute Gasteiger partial charge is 0.454 e. The van der Waals surface area contributed by atoms with Crippen LogP contribution in [0.25, 0.3) is 5.65 Å². The molecule has 0 saturated heterocycles. The summed E-state index contributed by atoms with van der Waals surface area (Å²) in [5, 5.41) is 10.7. The Balaban J connectivity index is 1.73. The smallest absolute Gasteiger partial charge is 0.260 e. The predicted octanol–water partition coefficient (Wildman–Crippen LogP) is 3.01. The molecule has 0 aliphatic heterocycles. The van der Waals surface area contributed by atoms with E-state index in [1.807, 2.05) is 0 Å². The fraction of sp³-hybridized carbons (Fsp3) is 0.0556. The van der Waals surface area contributed by atoms with Gasteiger partial charge in [-0.05, 0) is 25.1 Å². The number of amides is 1. The zero-order chi connectivity index (χ0) is 18.8. The number of anilines is 1. The minimum Gasteiger partial charge on any atom is -0.454 e. The molecule has 0 aromatic carbocycles. The number of halogens is 1. The number of ether oxygens (including phenoxy) is 1. The maximum atomic E-state index is 13.3. The number of aromatic nitrogens is 5. The van der Waals surface area contributed by atoms with Gasteiger partial charge in [-0.2, -0.15) is 0 Å². The summed E-state index contributed by atoms with van der Waals surface area (Å²) >= 11 is 0. The highest BCUT2D eigenvalue weighted by molar-refractivity contribution is 6.08. The van der Waals surface area contributed by atoms with Gasteiger partial charge >= 0.3 is 0 Å². The SMILES string of the molecule is Cc1nnc2c(C(=O)Nc3ccccn3)cc(Oc3cncc(F)c3)cn12. The Bertz CT molecular complexity index is 1130. The van der Waals surface area contributed by atoms with Crippen LogP contribution in [0, 0.1) is 12.7 Å².